The topological polar surface area (TPSA) is 29.1 Å². The molecule has 1 amide bonds. The Morgan fingerprint density at radius 2 is 2.17 bits per heavy atom. The van der Waals surface area contributed by atoms with Crippen LogP contribution in [0.25, 0.3) is 0 Å². The molecule has 1 N–H and O–H groups in total. The number of amides is 1. The summed E-state index contributed by atoms with van der Waals surface area (Å²) >= 11 is 3.93. The van der Waals surface area contributed by atoms with E-state index in [0.717, 1.165) is 6.42 Å². The molecule has 2 atom stereocenters. The lowest BCUT2D eigenvalue weighted by atomic mass is 9.86. The Bertz CT molecular complexity index is 161. The van der Waals surface area contributed by atoms with E-state index in [1.54, 1.807) is 0 Å². The van der Waals surface area contributed by atoms with Gasteiger partial charge < -0.3 is 5.32 Å². The van der Waals surface area contributed by atoms with E-state index in [-0.39, 0.29) is 5.91 Å². The first-order valence-electron chi connectivity index (χ1n) is 4.64. The molecule has 0 spiro atoms. The first-order valence-corrected chi connectivity index (χ1v) is 5.27. The lowest BCUT2D eigenvalue weighted by Crippen LogP contribution is -2.41. The maximum absolute atomic E-state index is 11.0. The van der Waals surface area contributed by atoms with Crippen molar-refractivity contribution in [3.05, 3.63) is 0 Å². The summed E-state index contributed by atoms with van der Waals surface area (Å²) in [6.07, 6.45) is 4.95. The molecule has 1 aliphatic rings. The van der Waals surface area contributed by atoms with Crippen LogP contribution in [0, 0.1) is 5.92 Å². The zero-order chi connectivity index (χ0) is 8.97. The van der Waals surface area contributed by atoms with E-state index in [2.05, 4.69) is 24.9 Å². The van der Waals surface area contributed by atoms with E-state index >= 15 is 0 Å². The third-order valence-corrected chi connectivity index (χ3v) is 2.89. The summed E-state index contributed by atoms with van der Waals surface area (Å²) in [4.78, 5) is 11.0. The molecule has 0 aromatic carbocycles. The normalized spacial score (nSPS) is 29.8. The van der Waals surface area contributed by atoms with Crippen LogP contribution in [0.4, 0.5) is 0 Å². The molecule has 3 heteroatoms. The van der Waals surface area contributed by atoms with Gasteiger partial charge in [0.2, 0.25) is 5.91 Å². The fraction of sp³-hybridized carbons (Fsp3) is 0.889. The highest BCUT2D eigenvalue weighted by Crippen LogP contribution is 2.23. The van der Waals surface area contributed by atoms with Crippen molar-refractivity contribution >= 4 is 18.5 Å². The number of hydrogen-bond donors (Lipinski definition) is 2. The first kappa shape index (κ1) is 9.90. The Kier molecular flexibility index (Phi) is 3.92. The molecule has 1 saturated carbocycles. The van der Waals surface area contributed by atoms with E-state index in [1.807, 2.05) is 0 Å². The van der Waals surface area contributed by atoms with Crippen LogP contribution < -0.4 is 5.32 Å². The molecule has 1 rings (SSSR count). The van der Waals surface area contributed by atoms with Gasteiger partial charge in [0.15, 0.2) is 0 Å². The van der Waals surface area contributed by atoms with Crippen molar-refractivity contribution in [2.45, 2.75) is 38.6 Å². The predicted octanol–water partition coefficient (Wildman–Crippen LogP) is 1.61. The van der Waals surface area contributed by atoms with Gasteiger partial charge in [-0.25, -0.2) is 0 Å². The molecule has 1 aliphatic carbocycles. The second-order valence-corrected chi connectivity index (χ2v) is 3.91. The molecule has 0 bridgehead atoms. The molecule has 0 heterocycles. The Morgan fingerprint density at radius 3 is 2.75 bits per heavy atom. The van der Waals surface area contributed by atoms with Crippen molar-refractivity contribution < 1.29 is 4.79 Å². The minimum Gasteiger partial charge on any atom is -0.352 e. The smallest absolute Gasteiger partial charge is 0.229 e. The average Bonchev–Trinajstić information content (AvgIpc) is 2.09. The molecular formula is C9H17NOS. The van der Waals surface area contributed by atoms with E-state index in [0.29, 0.717) is 17.7 Å². The Balaban J connectivity index is 2.33. The summed E-state index contributed by atoms with van der Waals surface area (Å²) < 4.78 is 0. The van der Waals surface area contributed by atoms with Crippen LogP contribution in [0.15, 0.2) is 0 Å². The molecule has 0 saturated heterocycles. The zero-order valence-electron chi connectivity index (χ0n) is 7.55. The number of rotatable bonds is 2. The van der Waals surface area contributed by atoms with Crippen LogP contribution in [0.3, 0.4) is 0 Å². The van der Waals surface area contributed by atoms with Gasteiger partial charge in [-0.05, 0) is 18.8 Å². The first-order chi connectivity index (χ1) is 5.74. The standard InChI is InChI=1S/C9H17NOS/c1-7-4-2-3-5-8(7)10-9(11)6-12/h7-8,12H,2-6H2,1H3,(H,10,11)/t7?,8-/m1/s1. The maximum atomic E-state index is 11.0. The third kappa shape index (κ3) is 2.70. The number of carbonyl (C=O) groups excluding carboxylic acids is 1. The highest BCUT2D eigenvalue weighted by Gasteiger charge is 2.21. The largest absolute Gasteiger partial charge is 0.352 e. The second-order valence-electron chi connectivity index (χ2n) is 3.59. The molecule has 1 fully saturated rings. The number of hydrogen-bond acceptors (Lipinski definition) is 2. The zero-order valence-corrected chi connectivity index (χ0v) is 8.44. The number of thiol groups is 1. The van der Waals surface area contributed by atoms with Gasteiger partial charge in [-0.1, -0.05) is 19.8 Å². The summed E-state index contributed by atoms with van der Waals surface area (Å²) in [5.41, 5.74) is 0. The van der Waals surface area contributed by atoms with Crippen LogP contribution >= 0.6 is 12.6 Å². The SMILES string of the molecule is CC1CCCC[C@H]1NC(=O)CS. The van der Waals surface area contributed by atoms with Crippen LogP contribution in [-0.4, -0.2) is 17.7 Å². The summed E-state index contributed by atoms with van der Waals surface area (Å²) in [5, 5.41) is 3.00. The van der Waals surface area contributed by atoms with Gasteiger partial charge in [0.1, 0.15) is 0 Å². The van der Waals surface area contributed by atoms with Gasteiger partial charge >= 0.3 is 0 Å². The molecule has 0 radical (unpaired) electrons. The predicted molar refractivity (Wildman–Crippen MR) is 53.4 cm³/mol. The lowest BCUT2D eigenvalue weighted by molar-refractivity contribution is -0.119. The highest BCUT2D eigenvalue weighted by atomic mass is 32.1. The Morgan fingerprint density at radius 1 is 1.50 bits per heavy atom. The number of nitrogens with one attached hydrogen (secondary N) is 1. The van der Waals surface area contributed by atoms with E-state index in [4.69, 9.17) is 0 Å². The van der Waals surface area contributed by atoms with Gasteiger partial charge in [-0.2, -0.15) is 12.6 Å². The van der Waals surface area contributed by atoms with Gasteiger partial charge in [0, 0.05) is 6.04 Å². The minimum absolute atomic E-state index is 0.0667. The molecule has 70 valence electrons. The monoisotopic (exact) mass is 187 g/mol. The van der Waals surface area contributed by atoms with Crippen LogP contribution in [0.2, 0.25) is 0 Å². The quantitative estimate of drug-likeness (QED) is 0.632. The maximum Gasteiger partial charge on any atom is 0.229 e. The van der Waals surface area contributed by atoms with Gasteiger partial charge in [0.25, 0.3) is 0 Å². The summed E-state index contributed by atoms with van der Waals surface area (Å²) in [6, 6.07) is 0.401. The van der Waals surface area contributed by atoms with Crippen LogP contribution in [-0.2, 0) is 4.79 Å². The van der Waals surface area contributed by atoms with Crippen molar-refractivity contribution in [3.63, 3.8) is 0 Å². The minimum atomic E-state index is 0.0667. The van der Waals surface area contributed by atoms with Crippen LogP contribution in [0.5, 0.6) is 0 Å². The van der Waals surface area contributed by atoms with E-state index < -0.39 is 0 Å². The van der Waals surface area contributed by atoms with E-state index in [9.17, 15) is 4.79 Å². The van der Waals surface area contributed by atoms with Crippen molar-refractivity contribution in [1.29, 1.82) is 0 Å². The highest BCUT2D eigenvalue weighted by molar-refractivity contribution is 7.81. The van der Waals surface area contributed by atoms with Gasteiger partial charge in [-0.15, -0.1) is 0 Å². The molecule has 0 aliphatic heterocycles. The Labute approximate surface area is 79.5 Å². The molecular weight excluding hydrogens is 170 g/mol. The van der Waals surface area contributed by atoms with E-state index in [1.165, 1.54) is 19.3 Å². The van der Waals surface area contributed by atoms with Crippen LogP contribution in [0.1, 0.15) is 32.6 Å². The summed E-state index contributed by atoms with van der Waals surface area (Å²) in [7, 11) is 0. The van der Waals surface area contributed by atoms with Gasteiger partial charge in [-0.3, -0.25) is 4.79 Å². The Hall–Kier alpha value is -0.180. The molecule has 12 heavy (non-hydrogen) atoms. The van der Waals surface area contributed by atoms with Crippen molar-refractivity contribution in [1.82, 2.24) is 5.32 Å². The fourth-order valence-electron chi connectivity index (χ4n) is 1.78. The van der Waals surface area contributed by atoms with Crippen molar-refractivity contribution in [2.24, 2.45) is 5.92 Å². The molecule has 2 nitrogen and oxygen atoms in total. The van der Waals surface area contributed by atoms with Gasteiger partial charge in [0.05, 0.1) is 5.75 Å². The molecule has 1 unspecified atom stereocenters. The summed E-state index contributed by atoms with van der Waals surface area (Å²) in [5.74, 6) is 1.02. The fourth-order valence-corrected chi connectivity index (χ4v) is 1.87. The summed E-state index contributed by atoms with van der Waals surface area (Å²) in [6.45, 7) is 2.21. The third-order valence-electron chi connectivity index (χ3n) is 2.60. The lowest BCUT2D eigenvalue weighted by Gasteiger charge is -2.29. The second kappa shape index (κ2) is 4.75. The molecule has 0 aromatic rings. The molecule has 0 aromatic heterocycles. The average molecular weight is 187 g/mol. The van der Waals surface area contributed by atoms with Crippen molar-refractivity contribution in [2.75, 3.05) is 5.75 Å². The van der Waals surface area contributed by atoms with Crippen molar-refractivity contribution in [3.8, 4) is 0 Å². The number of carbonyl (C=O) groups is 1.